The van der Waals surface area contributed by atoms with Gasteiger partial charge < -0.3 is 4.90 Å². The van der Waals surface area contributed by atoms with Crippen LogP contribution in [0.2, 0.25) is 0 Å². The maximum Gasteiger partial charge on any atom is 0.243 e. The molecule has 0 spiro atoms. The average molecular weight is 164 g/mol. The van der Waals surface area contributed by atoms with Gasteiger partial charge in [0.2, 0.25) is 5.95 Å². The number of anilines is 1. The van der Waals surface area contributed by atoms with Crippen molar-refractivity contribution in [3.63, 3.8) is 0 Å². The van der Waals surface area contributed by atoms with E-state index in [1.54, 1.807) is 17.0 Å². The molecule has 0 bridgehead atoms. The summed E-state index contributed by atoms with van der Waals surface area (Å²) < 4.78 is 1.59. The van der Waals surface area contributed by atoms with Crippen LogP contribution in [0, 0.1) is 0 Å². The highest BCUT2D eigenvalue weighted by atomic mass is 15.4. The van der Waals surface area contributed by atoms with Crippen molar-refractivity contribution in [3.8, 4) is 0 Å². The van der Waals surface area contributed by atoms with E-state index >= 15 is 0 Å². The van der Waals surface area contributed by atoms with Gasteiger partial charge >= 0.3 is 0 Å². The summed E-state index contributed by atoms with van der Waals surface area (Å²) in [5.41, 5.74) is 0.653. The predicted molar refractivity (Wildman–Crippen MR) is 42.9 cm³/mol. The molecular formula is C6H8N6. The number of nitrogens with zero attached hydrogens (tertiary/aromatic N) is 6. The molecule has 0 aliphatic rings. The normalized spacial score (nSPS) is 10.5. The molecule has 0 saturated heterocycles. The molecule has 0 aliphatic carbocycles. The predicted octanol–water partition coefficient (Wildman–Crippen LogP) is -0.415. The van der Waals surface area contributed by atoms with Crippen molar-refractivity contribution in [2.45, 2.75) is 0 Å². The van der Waals surface area contributed by atoms with Gasteiger partial charge in [0.25, 0.3) is 0 Å². The van der Waals surface area contributed by atoms with Crippen LogP contribution in [-0.4, -0.2) is 38.9 Å². The van der Waals surface area contributed by atoms with Crippen molar-refractivity contribution < 1.29 is 0 Å². The first-order chi connectivity index (χ1) is 5.77. The van der Waals surface area contributed by atoms with Crippen molar-refractivity contribution in [1.82, 2.24) is 24.8 Å². The van der Waals surface area contributed by atoms with Crippen LogP contribution < -0.4 is 4.90 Å². The molecule has 0 saturated carbocycles. The van der Waals surface area contributed by atoms with Crippen molar-refractivity contribution >= 4 is 11.6 Å². The van der Waals surface area contributed by atoms with Crippen molar-refractivity contribution in [2.24, 2.45) is 0 Å². The smallest absolute Gasteiger partial charge is 0.243 e. The van der Waals surface area contributed by atoms with E-state index in [2.05, 4.69) is 20.3 Å². The third-order valence-electron chi connectivity index (χ3n) is 1.45. The van der Waals surface area contributed by atoms with Crippen LogP contribution >= 0.6 is 0 Å². The number of aromatic nitrogens is 5. The fourth-order valence-corrected chi connectivity index (χ4v) is 0.843. The minimum Gasteiger partial charge on any atom is -0.346 e. The SMILES string of the molecule is CN(C)c1ncc2nncn2n1. The Labute approximate surface area is 68.9 Å². The Balaban J connectivity index is 2.60. The Morgan fingerprint density at radius 2 is 2.25 bits per heavy atom. The lowest BCUT2D eigenvalue weighted by atomic mass is 10.7. The summed E-state index contributed by atoms with van der Waals surface area (Å²) in [6.45, 7) is 0. The summed E-state index contributed by atoms with van der Waals surface area (Å²) in [4.78, 5) is 5.89. The minimum absolute atomic E-state index is 0.641. The molecular weight excluding hydrogens is 156 g/mol. The molecule has 2 aromatic heterocycles. The van der Waals surface area contributed by atoms with E-state index in [-0.39, 0.29) is 0 Å². The lowest BCUT2D eigenvalue weighted by Gasteiger charge is -2.07. The van der Waals surface area contributed by atoms with Gasteiger partial charge in [-0.05, 0) is 0 Å². The molecule has 0 radical (unpaired) electrons. The average Bonchev–Trinajstić information content (AvgIpc) is 2.49. The Bertz CT molecular complexity index is 392. The third-order valence-corrected chi connectivity index (χ3v) is 1.45. The molecule has 12 heavy (non-hydrogen) atoms. The van der Waals surface area contributed by atoms with Gasteiger partial charge in [0.05, 0.1) is 6.20 Å². The van der Waals surface area contributed by atoms with E-state index in [1.807, 2.05) is 19.0 Å². The van der Waals surface area contributed by atoms with E-state index in [1.165, 1.54) is 0 Å². The summed E-state index contributed by atoms with van der Waals surface area (Å²) in [6, 6.07) is 0. The van der Waals surface area contributed by atoms with Crippen LogP contribution in [0.1, 0.15) is 0 Å². The topological polar surface area (TPSA) is 59.2 Å². The molecule has 0 aromatic carbocycles. The summed E-state index contributed by atoms with van der Waals surface area (Å²) in [6.07, 6.45) is 3.18. The van der Waals surface area contributed by atoms with Crippen LogP contribution in [0.5, 0.6) is 0 Å². The molecule has 2 heterocycles. The van der Waals surface area contributed by atoms with Gasteiger partial charge in [-0.25, -0.2) is 4.98 Å². The summed E-state index contributed by atoms with van der Waals surface area (Å²) in [5.74, 6) is 0.641. The Morgan fingerprint density at radius 3 is 3.00 bits per heavy atom. The first kappa shape index (κ1) is 6.96. The summed E-state index contributed by atoms with van der Waals surface area (Å²) in [7, 11) is 3.76. The maximum atomic E-state index is 4.14. The number of rotatable bonds is 1. The van der Waals surface area contributed by atoms with E-state index in [9.17, 15) is 0 Å². The van der Waals surface area contributed by atoms with Gasteiger partial charge in [-0.1, -0.05) is 0 Å². The standard InChI is InChI=1S/C6H8N6/c1-11(2)6-7-3-5-9-8-4-12(5)10-6/h3-4H,1-2H3. The first-order valence-corrected chi connectivity index (χ1v) is 3.48. The summed E-state index contributed by atoms with van der Waals surface area (Å²) >= 11 is 0. The molecule has 0 unspecified atom stereocenters. The molecule has 6 nitrogen and oxygen atoms in total. The first-order valence-electron chi connectivity index (χ1n) is 3.48. The van der Waals surface area contributed by atoms with Gasteiger partial charge in [-0.15, -0.1) is 15.3 Å². The van der Waals surface area contributed by atoms with Gasteiger partial charge in [0, 0.05) is 14.1 Å². The van der Waals surface area contributed by atoms with Gasteiger partial charge in [-0.2, -0.15) is 4.52 Å². The second-order valence-corrected chi connectivity index (χ2v) is 2.59. The second-order valence-electron chi connectivity index (χ2n) is 2.59. The van der Waals surface area contributed by atoms with Crippen molar-refractivity contribution in [3.05, 3.63) is 12.5 Å². The molecule has 0 amide bonds. The monoisotopic (exact) mass is 164 g/mol. The quantitative estimate of drug-likeness (QED) is 0.573. The highest BCUT2D eigenvalue weighted by Gasteiger charge is 2.01. The maximum absolute atomic E-state index is 4.14. The van der Waals surface area contributed by atoms with Crippen LogP contribution in [0.15, 0.2) is 12.5 Å². The third kappa shape index (κ3) is 0.969. The fraction of sp³-hybridized carbons (Fsp3) is 0.333. The fourth-order valence-electron chi connectivity index (χ4n) is 0.843. The van der Waals surface area contributed by atoms with Crippen LogP contribution in [-0.2, 0) is 0 Å². The molecule has 2 rings (SSSR count). The zero-order valence-electron chi connectivity index (χ0n) is 6.84. The van der Waals surface area contributed by atoms with E-state index in [0.29, 0.717) is 11.6 Å². The lowest BCUT2D eigenvalue weighted by Crippen LogP contribution is -2.14. The van der Waals surface area contributed by atoms with Gasteiger partial charge in [-0.3, -0.25) is 0 Å². The Hall–Kier alpha value is -1.72. The molecule has 0 aliphatic heterocycles. The molecule has 0 fully saturated rings. The van der Waals surface area contributed by atoms with Crippen LogP contribution in [0.25, 0.3) is 5.65 Å². The van der Waals surface area contributed by atoms with Gasteiger partial charge in [0.1, 0.15) is 6.33 Å². The number of hydrogen-bond donors (Lipinski definition) is 0. The molecule has 0 N–H and O–H groups in total. The van der Waals surface area contributed by atoms with Crippen LogP contribution in [0.4, 0.5) is 5.95 Å². The number of hydrogen-bond acceptors (Lipinski definition) is 5. The van der Waals surface area contributed by atoms with Crippen molar-refractivity contribution in [1.29, 1.82) is 0 Å². The Morgan fingerprint density at radius 1 is 1.42 bits per heavy atom. The molecule has 2 aromatic rings. The van der Waals surface area contributed by atoms with Crippen molar-refractivity contribution in [2.75, 3.05) is 19.0 Å². The zero-order valence-corrected chi connectivity index (χ0v) is 6.84. The van der Waals surface area contributed by atoms with E-state index in [4.69, 9.17) is 0 Å². The Kier molecular flexibility index (Phi) is 1.39. The van der Waals surface area contributed by atoms with Gasteiger partial charge in [0.15, 0.2) is 5.65 Å². The lowest BCUT2D eigenvalue weighted by molar-refractivity contribution is 0.857. The largest absolute Gasteiger partial charge is 0.346 e. The second kappa shape index (κ2) is 2.40. The summed E-state index contributed by atoms with van der Waals surface area (Å²) in [5, 5.41) is 11.6. The van der Waals surface area contributed by atoms with E-state index < -0.39 is 0 Å². The molecule has 62 valence electrons. The molecule has 6 heteroatoms. The highest BCUT2D eigenvalue weighted by molar-refractivity contribution is 5.35. The number of fused-ring (bicyclic) bond motifs is 1. The van der Waals surface area contributed by atoms with E-state index in [0.717, 1.165) is 0 Å². The zero-order chi connectivity index (χ0) is 8.55. The highest BCUT2D eigenvalue weighted by Crippen LogP contribution is 2.01. The molecule has 0 atom stereocenters. The van der Waals surface area contributed by atoms with Crippen LogP contribution in [0.3, 0.4) is 0 Å². The minimum atomic E-state index is 0.641.